The average molecular weight is 247 g/mol. The van der Waals surface area contributed by atoms with Crippen LogP contribution in [0.4, 0.5) is 0 Å². The standard InChI is InChI=1S/C8H9NO6S/c10-4-2-5(9-4)16-3(1-6(11)12)7(13)8(14)15/h3,5H,1-2H2,(H,9,10)(H,11,12)(H,14,15). The Labute approximate surface area is 94.2 Å². The SMILES string of the molecule is O=C(O)CC(SC1CC(=O)N1)C(=O)C(=O)O. The van der Waals surface area contributed by atoms with Crippen molar-refractivity contribution >= 4 is 35.4 Å². The first-order valence-corrected chi connectivity index (χ1v) is 5.28. The highest BCUT2D eigenvalue weighted by Gasteiger charge is 2.35. The fourth-order valence-electron chi connectivity index (χ4n) is 1.11. The van der Waals surface area contributed by atoms with E-state index in [-0.39, 0.29) is 17.7 Å². The van der Waals surface area contributed by atoms with Gasteiger partial charge < -0.3 is 15.5 Å². The number of β-lactam (4-membered cyclic amide) rings is 1. The van der Waals surface area contributed by atoms with E-state index in [1.807, 2.05) is 0 Å². The van der Waals surface area contributed by atoms with Crippen molar-refractivity contribution in [1.82, 2.24) is 5.32 Å². The Balaban J connectivity index is 2.56. The van der Waals surface area contributed by atoms with Gasteiger partial charge in [0.25, 0.3) is 5.78 Å². The third-order valence-corrected chi connectivity index (χ3v) is 3.21. The number of rotatable bonds is 6. The fraction of sp³-hybridized carbons (Fsp3) is 0.500. The van der Waals surface area contributed by atoms with Crippen molar-refractivity contribution in [2.45, 2.75) is 23.5 Å². The molecule has 0 radical (unpaired) electrons. The van der Waals surface area contributed by atoms with E-state index >= 15 is 0 Å². The lowest BCUT2D eigenvalue weighted by molar-refractivity contribution is -0.149. The zero-order valence-electron chi connectivity index (χ0n) is 8.00. The molecule has 2 unspecified atom stereocenters. The van der Waals surface area contributed by atoms with Gasteiger partial charge in [0.1, 0.15) is 0 Å². The Kier molecular flexibility index (Phi) is 3.88. The van der Waals surface area contributed by atoms with Crippen LogP contribution in [-0.4, -0.2) is 44.5 Å². The number of hydrogen-bond donors (Lipinski definition) is 3. The molecule has 0 aliphatic carbocycles. The van der Waals surface area contributed by atoms with Crippen LogP contribution in [0.1, 0.15) is 12.8 Å². The summed E-state index contributed by atoms with van der Waals surface area (Å²) in [7, 11) is 0. The number of carboxylic acid groups (broad SMARTS) is 2. The molecule has 88 valence electrons. The fourth-order valence-corrected chi connectivity index (χ4v) is 2.41. The molecule has 0 aromatic carbocycles. The minimum Gasteiger partial charge on any atom is -0.481 e. The lowest BCUT2D eigenvalue weighted by Crippen LogP contribution is -2.48. The maximum atomic E-state index is 11.1. The molecule has 1 aliphatic rings. The summed E-state index contributed by atoms with van der Waals surface area (Å²) in [4.78, 5) is 42.6. The van der Waals surface area contributed by atoms with E-state index < -0.39 is 29.4 Å². The van der Waals surface area contributed by atoms with Crippen LogP contribution in [0.2, 0.25) is 0 Å². The highest BCUT2D eigenvalue weighted by molar-refractivity contribution is 8.01. The molecule has 8 heteroatoms. The van der Waals surface area contributed by atoms with Crippen LogP contribution in [-0.2, 0) is 19.2 Å². The molecule has 1 rings (SSSR count). The summed E-state index contributed by atoms with van der Waals surface area (Å²) in [5.74, 6) is -4.27. The van der Waals surface area contributed by atoms with Gasteiger partial charge in [0.2, 0.25) is 5.91 Å². The van der Waals surface area contributed by atoms with Gasteiger partial charge in [-0.25, -0.2) is 4.79 Å². The molecular weight excluding hydrogens is 238 g/mol. The number of carbonyl (C=O) groups is 4. The first kappa shape index (κ1) is 12.5. The zero-order chi connectivity index (χ0) is 12.3. The number of nitrogens with one attached hydrogen (secondary N) is 1. The quantitative estimate of drug-likeness (QED) is 0.409. The molecule has 0 bridgehead atoms. The van der Waals surface area contributed by atoms with E-state index in [1.165, 1.54) is 0 Å². The molecule has 3 N–H and O–H groups in total. The van der Waals surface area contributed by atoms with Crippen molar-refractivity contribution in [2.75, 3.05) is 0 Å². The van der Waals surface area contributed by atoms with Crippen LogP contribution >= 0.6 is 11.8 Å². The number of thioether (sulfide) groups is 1. The highest BCUT2D eigenvalue weighted by atomic mass is 32.2. The molecule has 0 aromatic heterocycles. The van der Waals surface area contributed by atoms with Crippen LogP contribution in [0.25, 0.3) is 0 Å². The number of ketones is 1. The third-order valence-electron chi connectivity index (χ3n) is 1.88. The molecule has 7 nitrogen and oxygen atoms in total. The summed E-state index contributed by atoms with van der Waals surface area (Å²) in [6.45, 7) is 0. The van der Waals surface area contributed by atoms with E-state index in [1.54, 1.807) is 0 Å². The number of hydrogen-bond acceptors (Lipinski definition) is 5. The number of carbonyl (C=O) groups excluding carboxylic acids is 2. The first-order valence-electron chi connectivity index (χ1n) is 4.34. The predicted octanol–water partition coefficient (Wildman–Crippen LogP) is -0.937. The Morgan fingerprint density at radius 2 is 2.00 bits per heavy atom. The zero-order valence-corrected chi connectivity index (χ0v) is 8.82. The van der Waals surface area contributed by atoms with Crippen LogP contribution < -0.4 is 5.32 Å². The van der Waals surface area contributed by atoms with Crippen LogP contribution in [0.5, 0.6) is 0 Å². The van der Waals surface area contributed by atoms with E-state index in [9.17, 15) is 19.2 Å². The highest BCUT2D eigenvalue weighted by Crippen LogP contribution is 2.26. The topological polar surface area (TPSA) is 121 Å². The van der Waals surface area contributed by atoms with Gasteiger partial charge in [-0.3, -0.25) is 14.4 Å². The Bertz CT molecular complexity index is 346. The molecule has 1 aliphatic heterocycles. The van der Waals surface area contributed by atoms with Crippen molar-refractivity contribution in [2.24, 2.45) is 0 Å². The van der Waals surface area contributed by atoms with Crippen molar-refractivity contribution < 1.29 is 29.4 Å². The molecule has 1 saturated heterocycles. The van der Waals surface area contributed by atoms with Crippen molar-refractivity contribution in [1.29, 1.82) is 0 Å². The average Bonchev–Trinajstić information content (AvgIpc) is 2.12. The molecule has 0 spiro atoms. The minimum absolute atomic E-state index is 0.174. The van der Waals surface area contributed by atoms with Crippen LogP contribution in [0, 0.1) is 0 Å². The molecule has 16 heavy (non-hydrogen) atoms. The summed E-state index contributed by atoms with van der Waals surface area (Å²) < 4.78 is 0. The van der Waals surface area contributed by atoms with E-state index in [4.69, 9.17) is 10.2 Å². The Morgan fingerprint density at radius 1 is 1.44 bits per heavy atom. The Morgan fingerprint density at radius 3 is 2.38 bits per heavy atom. The number of carboxylic acids is 2. The molecular formula is C8H9NO6S. The normalized spacial score (nSPS) is 20.5. The third kappa shape index (κ3) is 3.23. The van der Waals surface area contributed by atoms with Gasteiger partial charge in [-0.05, 0) is 0 Å². The lowest BCUT2D eigenvalue weighted by Gasteiger charge is -2.28. The minimum atomic E-state index is -1.66. The summed E-state index contributed by atoms with van der Waals surface area (Å²) in [5, 5.41) is 17.9. The maximum Gasteiger partial charge on any atom is 0.373 e. The number of Topliss-reactive ketones (excluding diaryl/α,β-unsaturated/α-hetero) is 1. The van der Waals surface area contributed by atoms with Gasteiger partial charge in [0.15, 0.2) is 0 Å². The summed E-state index contributed by atoms with van der Waals surface area (Å²) in [5.41, 5.74) is 0. The van der Waals surface area contributed by atoms with E-state index in [0.717, 1.165) is 11.8 Å². The van der Waals surface area contributed by atoms with Crippen molar-refractivity contribution in [3.8, 4) is 0 Å². The monoisotopic (exact) mass is 247 g/mol. The summed E-state index contributed by atoms with van der Waals surface area (Å²) in [6, 6.07) is 0. The molecule has 1 fully saturated rings. The van der Waals surface area contributed by atoms with Gasteiger partial charge in [-0.1, -0.05) is 0 Å². The van der Waals surface area contributed by atoms with Crippen LogP contribution in [0.15, 0.2) is 0 Å². The van der Waals surface area contributed by atoms with Gasteiger partial charge in [0, 0.05) is 0 Å². The second kappa shape index (κ2) is 4.97. The largest absolute Gasteiger partial charge is 0.481 e. The van der Waals surface area contributed by atoms with Gasteiger partial charge in [0.05, 0.1) is 23.5 Å². The van der Waals surface area contributed by atoms with Crippen LogP contribution in [0.3, 0.4) is 0 Å². The summed E-state index contributed by atoms with van der Waals surface area (Å²) >= 11 is 0.857. The lowest BCUT2D eigenvalue weighted by atomic mass is 10.2. The number of aliphatic carboxylic acids is 2. The number of amides is 1. The van der Waals surface area contributed by atoms with Crippen molar-refractivity contribution in [3.05, 3.63) is 0 Å². The van der Waals surface area contributed by atoms with Gasteiger partial charge in [-0.2, -0.15) is 0 Å². The predicted molar refractivity (Wildman–Crippen MR) is 52.8 cm³/mol. The van der Waals surface area contributed by atoms with E-state index in [0.29, 0.717) is 0 Å². The summed E-state index contributed by atoms with van der Waals surface area (Å²) in [6.07, 6.45) is -0.393. The molecule has 1 heterocycles. The molecule has 2 atom stereocenters. The second-order valence-corrected chi connectivity index (χ2v) is 4.56. The second-order valence-electron chi connectivity index (χ2n) is 3.15. The smallest absolute Gasteiger partial charge is 0.373 e. The van der Waals surface area contributed by atoms with Gasteiger partial charge >= 0.3 is 11.9 Å². The molecule has 0 aromatic rings. The first-order chi connectivity index (χ1) is 7.40. The van der Waals surface area contributed by atoms with E-state index in [2.05, 4.69) is 5.32 Å². The van der Waals surface area contributed by atoms with Gasteiger partial charge in [-0.15, -0.1) is 11.8 Å². The molecule has 1 amide bonds. The maximum absolute atomic E-state index is 11.1. The van der Waals surface area contributed by atoms with Crippen molar-refractivity contribution in [3.63, 3.8) is 0 Å². The Hall–Kier alpha value is -1.57. The molecule has 0 saturated carbocycles.